The van der Waals surface area contributed by atoms with Crippen LogP contribution in [-0.4, -0.2) is 10.2 Å². The van der Waals surface area contributed by atoms with Crippen LogP contribution in [0.4, 0.5) is 0 Å². The molecule has 0 saturated carbocycles. The van der Waals surface area contributed by atoms with Gasteiger partial charge in [0.1, 0.15) is 11.3 Å². The summed E-state index contributed by atoms with van der Waals surface area (Å²) < 4.78 is 5.55. The highest BCUT2D eigenvalue weighted by atomic mass is 16.3. The van der Waals surface area contributed by atoms with Gasteiger partial charge in [-0.05, 0) is 42.8 Å². The molecule has 90 valence electrons. The standard InChI is InChI=1S/C14H13N3O/c1-9-4-12-6-11(2-3-14(12)18-9)13-5-10(7-15)8-16-17-13/h2-6,8H,7,15H2,1H3. The lowest BCUT2D eigenvalue weighted by Gasteiger charge is -2.01. The maximum absolute atomic E-state index is 5.61. The van der Waals surface area contributed by atoms with E-state index in [1.165, 1.54) is 0 Å². The van der Waals surface area contributed by atoms with E-state index < -0.39 is 0 Å². The van der Waals surface area contributed by atoms with Crippen LogP contribution in [0.25, 0.3) is 22.2 Å². The third-order valence-electron chi connectivity index (χ3n) is 2.88. The van der Waals surface area contributed by atoms with Gasteiger partial charge >= 0.3 is 0 Å². The Morgan fingerprint density at radius 1 is 1.22 bits per heavy atom. The molecule has 0 aliphatic rings. The molecular weight excluding hydrogens is 226 g/mol. The van der Waals surface area contributed by atoms with Gasteiger partial charge in [0.05, 0.1) is 11.9 Å². The topological polar surface area (TPSA) is 64.9 Å². The van der Waals surface area contributed by atoms with Gasteiger partial charge < -0.3 is 10.2 Å². The van der Waals surface area contributed by atoms with E-state index in [4.69, 9.17) is 10.2 Å². The molecule has 2 heterocycles. The SMILES string of the molecule is Cc1cc2cc(-c3cc(CN)cnn3)ccc2o1. The molecule has 0 aliphatic heterocycles. The first-order chi connectivity index (χ1) is 8.76. The van der Waals surface area contributed by atoms with E-state index >= 15 is 0 Å². The molecule has 0 aliphatic carbocycles. The van der Waals surface area contributed by atoms with Crippen molar-refractivity contribution in [3.63, 3.8) is 0 Å². The minimum atomic E-state index is 0.468. The Labute approximate surface area is 104 Å². The van der Waals surface area contributed by atoms with Crippen LogP contribution in [0.2, 0.25) is 0 Å². The zero-order chi connectivity index (χ0) is 12.5. The molecule has 0 fully saturated rings. The van der Waals surface area contributed by atoms with Gasteiger partial charge in [-0.3, -0.25) is 0 Å². The average Bonchev–Trinajstić information content (AvgIpc) is 2.77. The highest BCUT2D eigenvalue weighted by Crippen LogP contribution is 2.25. The van der Waals surface area contributed by atoms with E-state index in [2.05, 4.69) is 16.3 Å². The largest absolute Gasteiger partial charge is 0.461 e. The van der Waals surface area contributed by atoms with Gasteiger partial charge in [0.2, 0.25) is 0 Å². The van der Waals surface area contributed by atoms with E-state index in [0.717, 1.165) is 33.6 Å². The van der Waals surface area contributed by atoms with Crippen molar-refractivity contribution in [2.24, 2.45) is 5.73 Å². The molecule has 0 unspecified atom stereocenters. The predicted octanol–water partition coefficient (Wildman–Crippen LogP) is 2.66. The highest BCUT2D eigenvalue weighted by molar-refractivity contribution is 5.83. The van der Waals surface area contributed by atoms with Crippen molar-refractivity contribution in [2.75, 3.05) is 0 Å². The van der Waals surface area contributed by atoms with Crippen molar-refractivity contribution in [3.05, 3.63) is 47.9 Å². The number of rotatable bonds is 2. The lowest BCUT2D eigenvalue weighted by atomic mass is 10.1. The van der Waals surface area contributed by atoms with E-state index in [9.17, 15) is 0 Å². The number of aromatic nitrogens is 2. The fourth-order valence-corrected chi connectivity index (χ4v) is 2.00. The quantitative estimate of drug-likeness (QED) is 0.746. The molecule has 0 atom stereocenters. The molecular formula is C14H13N3O. The first-order valence-electron chi connectivity index (χ1n) is 5.78. The number of fused-ring (bicyclic) bond motifs is 1. The summed E-state index contributed by atoms with van der Waals surface area (Å²) >= 11 is 0. The number of benzene rings is 1. The van der Waals surface area contributed by atoms with Crippen molar-refractivity contribution >= 4 is 11.0 Å². The summed E-state index contributed by atoms with van der Waals surface area (Å²) in [5, 5.41) is 9.17. The molecule has 2 aromatic heterocycles. The Morgan fingerprint density at radius 3 is 2.94 bits per heavy atom. The Morgan fingerprint density at radius 2 is 2.11 bits per heavy atom. The van der Waals surface area contributed by atoms with Crippen LogP contribution < -0.4 is 5.73 Å². The van der Waals surface area contributed by atoms with Crippen molar-refractivity contribution in [2.45, 2.75) is 13.5 Å². The van der Waals surface area contributed by atoms with Crippen LogP contribution in [0, 0.1) is 6.92 Å². The van der Waals surface area contributed by atoms with Crippen LogP contribution in [0.1, 0.15) is 11.3 Å². The second kappa shape index (κ2) is 4.23. The van der Waals surface area contributed by atoms with Gasteiger partial charge in [-0.15, -0.1) is 0 Å². The lowest BCUT2D eigenvalue weighted by molar-refractivity contribution is 0.578. The third-order valence-corrected chi connectivity index (χ3v) is 2.88. The number of nitrogens with two attached hydrogens (primary N) is 1. The molecule has 3 aromatic rings. The van der Waals surface area contributed by atoms with Gasteiger partial charge in [0.15, 0.2) is 0 Å². The molecule has 18 heavy (non-hydrogen) atoms. The number of hydrogen-bond acceptors (Lipinski definition) is 4. The summed E-state index contributed by atoms with van der Waals surface area (Å²) in [5.74, 6) is 0.906. The van der Waals surface area contributed by atoms with E-state index in [0.29, 0.717) is 6.54 Å². The van der Waals surface area contributed by atoms with Gasteiger partial charge in [0, 0.05) is 17.5 Å². The normalized spacial score (nSPS) is 11.0. The molecule has 0 bridgehead atoms. The van der Waals surface area contributed by atoms with Crippen LogP contribution in [-0.2, 0) is 6.54 Å². The predicted molar refractivity (Wildman–Crippen MR) is 69.9 cm³/mol. The Balaban J connectivity index is 2.12. The van der Waals surface area contributed by atoms with E-state index in [1.807, 2.05) is 31.2 Å². The minimum absolute atomic E-state index is 0.468. The number of furan rings is 1. The maximum atomic E-state index is 5.61. The Bertz CT molecular complexity index is 703. The van der Waals surface area contributed by atoms with Crippen LogP contribution in [0.15, 0.2) is 40.9 Å². The van der Waals surface area contributed by atoms with E-state index in [-0.39, 0.29) is 0 Å². The molecule has 0 spiro atoms. The second-order valence-corrected chi connectivity index (χ2v) is 4.26. The zero-order valence-corrected chi connectivity index (χ0v) is 10.1. The fourth-order valence-electron chi connectivity index (χ4n) is 2.00. The summed E-state index contributed by atoms with van der Waals surface area (Å²) in [5.41, 5.74) is 9.32. The molecule has 0 radical (unpaired) electrons. The van der Waals surface area contributed by atoms with Crippen LogP contribution >= 0.6 is 0 Å². The van der Waals surface area contributed by atoms with Gasteiger partial charge in [-0.1, -0.05) is 0 Å². The minimum Gasteiger partial charge on any atom is -0.461 e. The fraction of sp³-hybridized carbons (Fsp3) is 0.143. The smallest absolute Gasteiger partial charge is 0.134 e. The molecule has 1 aromatic carbocycles. The van der Waals surface area contributed by atoms with Crippen LogP contribution in [0.3, 0.4) is 0 Å². The molecule has 0 saturated heterocycles. The zero-order valence-electron chi connectivity index (χ0n) is 10.1. The number of hydrogen-bond donors (Lipinski definition) is 1. The van der Waals surface area contributed by atoms with Crippen molar-refractivity contribution in [1.82, 2.24) is 10.2 Å². The monoisotopic (exact) mass is 239 g/mol. The molecule has 4 heteroatoms. The summed E-state index contributed by atoms with van der Waals surface area (Å²) in [6.07, 6.45) is 1.68. The van der Waals surface area contributed by atoms with Crippen molar-refractivity contribution in [1.29, 1.82) is 0 Å². The van der Waals surface area contributed by atoms with Gasteiger partial charge in [-0.25, -0.2) is 0 Å². The summed E-state index contributed by atoms with van der Waals surface area (Å²) in [6.45, 7) is 2.41. The number of nitrogens with zero attached hydrogens (tertiary/aromatic N) is 2. The first-order valence-corrected chi connectivity index (χ1v) is 5.78. The number of aryl methyl sites for hydroxylation is 1. The van der Waals surface area contributed by atoms with Crippen molar-refractivity contribution in [3.8, 4) is 11.3 Å². The summed E-state index contributed by atoms with van der Waals surface area (Å²) in [6, 6.07) is 9.96. The molecule has 0 amide bonds. The average molecular weight is 239 g/mol. The summed E-state index contributed by atoms with van der Waals surface area (Å²) in [4.78, 5) is 0. The van der Waals surface area contributed by atoms with Crippen LogP contribution in [0.5, 0.6) is 0 Å². The lowest BCUT2D eigenvalue weighted by Crippen LogP contribution is -1.98. The third kappa shape index (κ3) is 1.87. The maximum Gasteiger partial charge on any atom is 0.134 e. The van der Waals surface area contributed by atoms with Gasteiger partial charge in [0.25, 0.3) is 0 Å². The Hall–Kier alpha value is -2.20. The molecule has 3 rings (SSSR count). The first kappa shape index (κ1) is 10.9. The molecule has 4 nitrogen and oxygen atoms in total. The second-order valence-electron chi connectivity index (χ2n) is 4.26. The molecule has 2 N–H and O–H groups in total. The Kier molecular flexibility index (Phi) is 2.57. The van der Waals surface area contributed by atoms with Gasteiger partial charge in [-0.2, -0.15) is 10.2 Å². The highest BCUT2D eigenvalue weighted by Gasteiger charge is 2.05. The van der Waals surface area contributed by atoms with Crippen molar-refractivity contribution < 1.29 is 4.42 Å². The summed E-state index contributed by atoms with van der Waals surface area (Å²) in [7, 11) is 0. The van der Waals surface area contributed by atoms with E-state index in [1.54, 1.807) is 6.20 Å².